The van der Waals surface area contributed by atoms with E-state index in [4.69, 9.17) is 5.11 Å². The van der Waals surface area contributed by atoms with Crippen LogP contribution in [0, 0.1) is 5.92 Å². The number of hydrogen-bond donors (Lipinski definition) is 1. The fourth-order valence-corrected chi connectivity index (χ4v) is 2.05. The molecule has 15 heavy (non-hydrogen) atoms. The maximum absolute atomic E-state index is 11.8. The van der Waals surface area contributed by atoms with Gasteiger partial charge in [0.15, 0.2) is 5.78 Å². The summed E-state index contributed by atoms with van der Waals surface area (Å²) in [7, 11) is 0. The molecule has 1 aromatic carbocycles. The van der Waals surface area contributed by atoms with Crippen molar-refractivity contribution in [3.63, 3.8) is 0 Å². The highest BCUT2D eigenvalue weighted by atomic mass is 16.4. The third-order valence-electron chi connectivity index (χ3n) is 2.83. The van der Waals surface area contributed by atoms with Crippen molar-refractivity contribution in [2.45, 2.75) is 19.3 Å². The molecule has 0 amide bonds. The molecule has 2 rings (SSSR count). The van der Waals surface area contributed by atoms with E-state index in [0.29, 0.717) is 12.8 Å². The zero-order valence-corrected chi connectivity index (χ0v) is 8.27. The number of ketones is 1. The van der Waals surface area contributed by atoms with E-state index in [0.717, 1.165) is 11.1 Å². The Balaban J connectivity index is 2.10. The van der Waals surface area contributed by atoms with Crippen molar-refractivity contribution in [1.29, 1.82) is 0 Å². The molecule has 3 nitrogen and oxygen atoms in total. The number of benzene rings is 1. The summed E-state index contributed by atoms with van der Waals surface area (Å²) in [5.41, 5.74) is 1.82. The van der Waals surface area contributed by atoms with Gasteiger partial charge in [-0.15, -0.1) is 0 Å². The molecular weight excluding hydrogens is 192 g/mol. The Kier molecular flexibility index (Phi) is 2.54. The van der Waals surface area contributed by atoms with Gasteiger partial charge in [0.05, 0.1) is 0 Å². The number of carboxylic acids is 1. The summed E-state index contributed by atoms with van der Waals surface area (Å²) in [6.45, 7) is 0. The molecule has 1 aromatic rings. The molecule has 0 fully saturated rings. The summed E-state index contributed by atoms with van der Waals surface area (Å²) in [4.78, 5) is 22.2. The molecule has 78 valence electrons. The predicted octanol–water partition coefficient (Wildman–Crippen LogP) is 1.91. The molecule has 0 bridgehead atoms. The molecule has 1 N–H and O–H groups in total. The Hall–Kier alpha value is -1.64. The zero-order valence-electron chi connectivity index (χ0n) is 8.27. The first kappa shape index (κ1) is 9.90. The highest BCUT2D eigenvalue weighted by Crippen LogP contribution is 2.29. The molecule has 0 saturated carbocycles. The quantitative estimate of drug-likeness (QED) is 0.818. The van der Waals surface area contributed by atoms with Crippen molar-refractivity contribution < 1.29 is 14.7 Å². The smallest absolute Gasteiger partial charge is 0.303 e. The Morgan fingerprint density at radius 1 is 1.40 bits per heavy atom. The first-order chi connectivity index (χ1) is 7.18. The molecule has 0 unspecified atom stereocenters. The minimum atomic E-state index is -0.834. The number of carboxylic acid groups (broad SMARTS) is 1. The lowest BCUT2D eigenvalue weighted by molar-refractivity contribution is -0.137. The van der Waals surface area contributed by atoms with E-state index in [2.05, 4.69) is 0 Å². The summed E-state index contributed by atoms with van der Waals surface area (Å²) < 4.78 is 0. The number of rotatable bonds is 3. The van der Waals surface area contributed by atoms with Crippen LogP contribution in [-0.2, 0) is 11.2 Å². The third-order valence-corrected chi connectivity index (χ3v) is 2.83. The molecule has 0 radical (unpaired) electrons. The van der Waals surface area contributed by atoms with E-state index in [1.807, 2.05) is 24.3 Å². The number of hydrogen-bond acceptors (Lipinski definition) is 2. The van der Waals surface area contributed by atoms with Crippen LogP contribution in [0.1, 0.15) is 28.8 Å². The van der Waals surface area contributed by atoms with Gasteiger partial charge >= 0.3 is 5.97 Å². The molecule has 0 aromatic heterocycles. The fraction of sp³-hybridized carbons (Fsp3) is 0.333. The number of carbonyl (C=O) groups is 2. The van der Waals surface area contributed by atoms with E-state index >= 15 is 0 Å². The fourth-order valence-electron chi connectivity index (χ4n) is 2.05. The van der Waals surface area contributed by atoms with Crippen LogP contribution in [0.5, 0.6) is 0 Å². The van der Waals surface area contributed by atoms with Crippen molar-refractivity contribution >= 4 is 11.8 Å². The van der Waals surface area contributed by atoms with Crippen LogP contribution in [0.15, 0.2) is 24.3 Å². The normalized spacial score (nSPS) is 18.9. The summed E-state index contributed by atoms with van der Waals surface area (Å²) in [6.07, 6.45) is 1.22. The van der Waals surface area contributed by atoms with E-state index in [1.54, 1.807) is 0 Å². The molecule has 1 aliphatic carbocycles. The summed E-state index contributed by atoms with van der Waals surface area (Å²) in [5, 5.41) is 8.57. The Morgan fingerprint density at radius 2 is 2.13 bits per heavy atom. The Bertz CT molecular complexity index is 409. The number of Topliss-reactive ketones (excluding diaryl/α,β-unsaturated/α-hetero) is 1. The average molecular weight is 204 g/mol. The van der Waals surface area contributed by atoms with Gasteiger partial charge in [0.1, 0.15) is 0 Å². The SMILES string of the molecule is O=C(O)CC[C@@H]1Cc2ccccc2C1=O. The van der Waals surface area contributed by atoms with Gasteiger partial charge in [-0.2, -0.15) is 0 Å². The molecule has 0 spiro atoms. The van der Waals surface area contributed by atoms with Gasteiger partial charge in [0, 0.05) is 17.9 Å². The van der Waals surface area contributed by atoms with Crippen LogP contribution in [0.2, 0.25) is 0 Å². The van der Waals surface area contributed by atoms with Gasteiger partial charge < -0.3 is 5.11 Å². The maximum atomic E-state index is 11.8. The van der Waals surface area contributed by atoms with Crippen molar-refractivity contribution in [1.82, 2.24) is 0 Å². The molecule has 1 aliphatic rings. The van der Waals surface area contributed by atoms with E-state index in [-0.39, 0.29) is 18.1 Å². The van der Waals surface area contributed by atoms with Gasteiger partial charge in [-0.25, -0.2) is 0 Å². The van der Waals surface area contributed by atoms with Crippen LogP contribution in [0.4, 0.5) is 0 Å². The molecule has 3 heteroatoms. The monoisotopic (exact) mass is 204 g/mol. The standard InChI is InChI=1S/C12H12O3/c13-11(14)6-5-9-7-8-3-1-2-4-10(8)12(9)15/h1-4,9H,5-7H2,(H,13,14)/t9-/m1/s1. The summed E-state index contributed by atoms with van der Waals surface area (Å²) in [6, 6.07) is 7.51. The van der Waals surface area contributed by atoms with E-state index < -0.39 is 5.97 Å². The molecule has 0 heterocycles. The lowest BCUT2D eigenvalue weighted by Crippen LogP contribution is -2.11. The lowest BCUT2D eigenvalue weighted by atomic mass is 9.99. The largest absolute Gasteiger partial charge is 0.481 e. The molecule has 1 atom stereocenters. The Labute approximate surface area is 87.7 Å². The molecule has 0 saturated heterocycles. The second-order valence-corrected chi connectivity index (χ2v) is 3.85. The first-order valence-corrected chi connectivity index (χ1v) is 5.02. The van der Waals surface area contributed by atoms with Gasteiger partial charge in [-0.1, -0.05) is 24.3 Å². The van der Waals surface area contributed by atoms with Gasteiger partial charge in [0.2, 0.25) is 0 Å². The zero-order chi connectivity index (χ0) is 10.8. The maximum Gasteiger partial charge on any atom is 0.303 e. The van der Waals surface area contributed by atoms with Crippen molar-refractivity contribution in [3.05, 3.63) is 35.4 Å². The first-order valence-electron chi connectivity index (χ1n) is 5.02. The van der Waals surface area contributed by atoms with Crippen molar-refractivity contribution in [2.24, 2.45) is 5.92 Å². The second kappa shape index (κ2) is 3.85. The number of fused-ring (bicyclic) bond motifs is 1. The van der Waals surface area contributed by atoms with Gasteiger partial charge in [-0.3, -0.25) is 9.59 Å². The van der Waals surface area contributed by atoms with E-state index in [1.165, 1.54) is 0 Å². The number of carbonyl (C=O) groups excluding carboxylic acids is 1. The molecular formula is C12H12O3. The number of aliphatic carboxylic acids is 1. The topological polar surface area (TPSA) is 54.4 Å². The van der Waals surface area contributed by atoms with Gasteiger partial charge in [0.25, 0.3) is 0 Å². The van der Waals surface area contributed by atoms with Crippen LogP contribution in [0.25, 0.3) is 0 Å². The minimum absolute atomic E-state index is 0.0738. The van der Waals surface area contributed by atoms with Gasteiger partial charge in [-0.05, 0) is 18.4 Å². The third kappa shape index (κ3) is 1.91. The highest BCUT2D eigenvalue weighted by molar-refractivity contribution is 6.02. The Morgan fingerprint density at radius 3 is 2.80 bits per heavy atom. The van der Waals surface area contributed by atoms with Crippen molar-refractivity contribution in [3.8, 4) is 0 Å². The van der Waals surface area contributed by atoms with Crippen molar-refractivity contribution in [2.75, 3.05) is 0 Å². The van der Waals surface area contributed by atoms with Crippen LogP contribution >= 0.6 is 0 Å². The minimum Gasteiger partial charge on any atom is -0.481 e. The van der Waals surface area contributed by atoms with Crippen LogP contribution in [0.3, 0.4) is 0 Å². The van der Waals surface area contributed by atoms with Crippen LogP contribution in [-0.4, -0.2) is 16.9 Å². The summed E-state index contributed by atoms with van der Waals surface area (Å²) in [5.74, 6) is -0.857. The second-order valence-electron chi connectivity index (χ2n) is 3.85. The molecule has 0 aliphatic heterocycles. The lowest BCUT2D eigenvalue weighted by Gasteiger charge is -2.04. The average Bonchev–Trinajstić information content (AvgIpc) is 2.54. The highest BCUT2D eigenvalue weighted by Gasteiger charge is 2.29. The van der Waals surface area contributed by atoms with Crippen LogP contribution < -0.4 is 0 Å². The summed E-state index contributed by atoms with van der Waals surface area (Å²) >= 11 is 0. The predicted molar refractivity (Wildman–Crippen MR) is 54.8 cm³/mol. The van der Waals surface area contributed by atoms with E-state index in [9.17, 15) is 9.59 Å².